The highest BCUT2D eigenvalue weighted by molar-refractivity contribution is 7.47. The smallest absolute Gasteiger partial charge is 0.379 e. The minimum atomic E-state index is -4.39. The fourth-order valence-electron chi connectivity index (χ4n) is 4.00. The van der Waals surface area contributed by atoms with Gasteiger partial charge in [0, 0.05) is 26.4 Å². The van der Waals surface area contributed by atoms with Gasteiger partial charge in [-0.05, 0) is 25.7 Å². The Morgan fingerprint density at radius 1 is 0.462 bits per heavy atom. The maximum Gasteiger partial charge on any atom is 0.473 e. The van der Waals surface area contributed by atoms with Gasteiger partial charge in [0.25, 0.3) is 0 Å². The van der Waals surface area contributed by atoms with Crippen molar-refractivity contribution in [3.05, 3.63) is 0 Å². The van der Waals surface area contributed by atoms with E-state index in [4.69, 9.17) is 28.0 Å². The van der Waals surface area contributed by atoms with E-state index in [0.717, 1.165) is 77.0 Å². The molecule has 0 amide bonds. The number of ether oxygens (including phenoxy) is 4. The molecule has 0 saturated carbocycles. The van der Waals surface area contributed by atoms with Crippen molar-refractivity contribution in [1.82, 2.24) is 0 Å². The summed E-state index contributed by atoms with van der Waals surface area (Å²) in [4.78, 5) is 10.6. The first kappa shape index (κ1) is 39.0. The molecule has 8 nitrogen and oxygen atoms in total. The number of hydrogen-bond donors (Lipinski definition) is 1. The Labute approximate surface area is 240 Å². The second-order valence-electron chi connectivity index (χ2n) is 10.5. The molecule has 0 aliphatic rings. The Morgan fingerprint density at radius 3 is 0.949 bits per heavy atom. The molecule has 0 rings (SSSR count). The van der Waals surface area contributed by atoms with Crippen LogP contribution in [0.1, 0.15) is 130 Å². The van der Waals surface area contributed by atoms with E-state index >= 15 is 0 Å². The second kappa shape index (κ2) is 29.4. The molecule has 0 aromatic carbocycles. The molecule has 0 aliphatic heterocycles. The lowest BCUT2D eigenvalue weighted by Crippen LogP contribution is -2.29. The summed E-state index contributed by atoms with van der Waals surface area (Å²) in [5, 5.41) is 0. The Morgan fingerprint density at radius 2 is 0.718 bits per heavy atom. The van der Waals surface area contributed by atoms with Gasteiger partial charge in [-0.3, -0.25) is 9.05 Å². The van der Waals surface area contributed by atoms with Crippen molar-refractivity contribution < 1.29 is 37.5 Å². The molecule has 0 bridgehead atoms. The third kappa shape index (κ3) is 27.9. The Kier molecular flexibility index (Phi) is 29.4. The quantitative estimate of drug-likeness (QED) is 0.0626. The molecule has 1 N–H and O–H groups in total. The molecule has 0 aromatic heterocycles. The normalized spacial score (nSPS) is 12.3. The highest BCUT2D eigenvalue weighted by Crippen LogP contribution is 2.46. The summed E-state index contributed by atoms with van der Waals surface area (Å²) in [6.07, 6.45) is 16.2. The number of unbranched alkanes of at least 4 members (excludes halogenated alkanes) is 12. The molecule has 0 saturated heterocycles. The van der Waals surface area contributed by atoms with E-state index in [9.17, 15) is 9.46 Å². The van der Waals surface area contributed by atoms with E-state index in [-0.39, 0.29) is 26.4 Å². The van der Waals surface area contributed by atoms with Gasteiger partial charge in [-0.25, -0.2) is 4.57 Å². The van der Waals surface area contributed by atoms with Gasteiger partial charge in [0.1, 0.15) is 12.2 Å². The molecule has 0 heterocycles. The zero-order valence-electron chi connectivity index (χ0n) is 25.9. The summed E-state index contributed by atoms with van der Waals surface area (Å²) in [6, 6.07) is 0. The lowest BCUT2D eigenvalue weighted by molar-refractivity contribution is -0.0498. The van der Waals surface area contributed by atoms with E-state index in [1.165, 1.54) is 25.7 Å². The molecule has 236 valence electrons. The maximum absolute atomic E-state index is 13.0. The van der Waals surface area contributed by atoms with E-state index in [2.05, 4.69) is 27.7 Å². The van der Waals surface area contributed by atoms with Crippen molar-refractivity contribution in [3.8, 4) is 0 Å². The minimum absolute atomic E-state index is 0.182. The summed E-state index contributed by atoms with van der Waals surface area (Å²) in [7, 11) is -4.39. The molecule has 0 unspecified atom stereocenters. The molecule has 0 aromatic rings. The van der Waals surface area contributed by atoms with Crippen LogP contribution < -0.4 is 0 Å². The molecule has 9 heteroatoms. The number of phosphoric ester groups is 1. The lowest BCUT2D eigenvalue weighted by Gasteiger charge is -2.25. The van der Waals surface area contributed by atoms with Crippen LogP contribution in [0.25, 0.3) is 0 Å². The van der Waals surface area contributed by atoms with Crippen LogP contribution in [0.4, 0.5) is 0 Å². The van der Waals surface area contributed by atoms with Crippen LogP contribution in [0.5, 0.6) is 0 Å². The Bertz CT molecular complexity index is 463. The molecule has 0 aliphatic carbocycles. The van der Waals surface area contributed by atoms with Crippen LogP contribution in [-0.2, 0) is 32.6 Å². The maximum atomic E-state index is 13.0. The van der Waals surface area contributed by atoms with Gasteiger partial charge in [0.2, 0.25) is 0 Å². The third-order valence-corrected chi connectivity index (χ3v) is 7.48. The van der Waals surface area contributed by atoms with Gasteiger partial charge in [-0.15, -0.1) is 0 Å². The van der Waals surface area contributed by atoms with E-state index in [0.29, 0.717) is 26.4 Å². The van der Waals surface area contributed by atoms with Gasteiger partial charge in [-0.2, -0.15) is 0 Å². The highest BCUT2D eigenvalue weighted by Gasteiger charge is 2.31. The number of rotatable bonds is 32. The van der Waals surface area contributed by atoms with Crippen LogP contribution in [0, 0.1) is 0 Å². The zero-order valence-corrected chi connectivity index (χ0v) is 26.8. The summed E-state index contributed by atoms with van der Waals surface area (Å²) < 4.78 is 47.2. The SMILES string of the molecule is CCCCCCOCC(COCCCCCC)OP(=O)(O)OC(COCCCCCC)COCCCCCC. The predicted molar refractivity (Wildman–Crippen MR) is 159 cm³/mol. The monoisotopic (exact) mass is 582 g/mol. The Balaban J connectivity index is 4.84. The van der Waals surface area contributed by atoms with Crippen LogP contribution in [0.3, 0.4) is 0 Å². The summed E-state index contributed by atoms with van der Waals surface area (Å²) in [5.74, 6) is 0. The van der Waals surface area contributed by atoms with Crippen LogP contribution in [0.2, 0.25) is 0 Å². The summed E-state index contributed by atoms with van der Waals surface area (Å²) in [5.41, 5.74) is 0. The molecular formula is C30H63O8P. The van der Waals surface area contributed by atoms with Crippen molar-refractivity contribution in [2.45, 2.75) is 143 Å². The van der Waals surface area contributed by atoms with Crippen LogP contribution in [0.15, 0.2) is 0 Å². The first-order valence-corrected chi connectivity index (χ1v) is 17.5. The largest absolute Gasteiger partial charge is 0.473 e. The van der Waals surface area contributed by atoms with Gasteiger partial charge in [0.05, 0.1) is 26.4 Å². The topological polar surface area (TPSA) is 92.7 Å². The van der Waals surface area contributed by atoms with E-state index in [1.54, 1.807) is 0 Å². The summed E-state index contributed by atoms with van der Waals surface area (Å²) in [6.45, 7) is 11.8. The fourth-order valence-corrected chi connectivity index (χ4v) is 5.05. The molecule has 39 heavy (non-hydrogen) atoms. The minimum Gasteiger partial charge on any atom is -0.379 e. The average Bonchev–Trinajstić information content (AvgIpc) is 2.91. The second-order valence-corrected chi connectivity index (χ2v) is 11.8. The molecular weight excluding hydrogens is 519 g/mol. The van der Waals surface area contributed by atoms with E-state index < -0.39 is 20.0 Å². The standard InChI is InChI=1S/C30H63O8P/c1-5-9-13-17-21-33-25-29(26-34-22-18-14-10-6-2)37-39(31,32)38-30(27-35-23-19-15-11-7-3)28-36-24-20-16-12-8-4/h29-30H,5-28H2,1-4H3,(H,31,32). The molecule has 0 spiro atoms. The zero-order chi connectivity index (χ0) is 28.9. The molecule has 0 fully saturated rings. The van der Waals surface area contributed by atoms with Crippen molar-refractivity contribution in [2.24, 2.45) is 0 Å². The fraction of sp³-hybridized carbons (Fsp3) is 1.00. The summed E-state index contributed by atoms with van der Waals surface area (Å²) >= 11 is 0. The van der Waals surface area contributed by atoms with E-state index in [1.807, 2.05) is 0 Å². The predicted octanol–water partition coefficient (Wildman–Crippen LogP) is 8.24. The van der Waals surface area contributed by atoms with Crippen molar-refractivity contribution >= 4 is 7.82 Å². The first-order chi connectivity index (χ1) is 19.0. The Hall–Kier alpha value is -0.0500. The highest BCUT2D eigenvalue weighted by atomic mass is 31.2. The first-order valence-electron chi connectivity index (χ1n) is 16.0. The van der Waals surface area contributed by atoms with Crippen LogP contribution in [-0.4, -0.2) is 70.0 Å². The van der Waals surface area contributed by atoms with Crippen molar-refractivity contribution in [1.29, 1.82) is 0 Å². The van der Waals surface area contributed by atoms with Crippen molar-refractivity contribution in [3.63, 3.8) is 0 Å². The third-order valence-electron chi connectivity index (χ3n) is 6.35. The van der Waals surface area contributed by atoms with Crippen molar-refractivity contribution in [2.75, 3.05) is 52.9 Å². The van der Waals surface area contributed by atoms with Gasteiger partial charge in [-0.1, -0.05) is 105 Å². The lowest BCUT2D eigenvalue weighted by atomic mass is 10.2. The molecule has 0 radical (unpaired) electrons. The number of hydrogen-bond acceptors (Lipinski definition) is 7. The number of phosphoric acid groups is 1. The van der Waals surface area contributed by atoms with Gasteiger partial charge in [0.15, 0.2) is 0 Å². The average molecular weight is 583 g/mol. The molecule has 0 atom stereocenters. The van der Waals surface area contributed by atoms with Gasteiger partial charge >= 0.3 is 7.82 Å². The van der Waals surface area contributed by atoms with Crippen LogP contribution >= 0.6 is 7.82 Å². The van der Waals surface area contributed by atoms with Gasteiger partial charge < -0.3 is 23.8 Å².